The van der Waals surface area contributed by atoms with Crippen molar-refractivity contribution in [2.45, 2.75) is 45.5 Å². The van der Waals surface area contributed by atoms with E-state index in [0.717, 1.165) is 34.1 Å². The molecular weight excluding hydrogens is 406 g/mol. The van der Waals surface area contributed by atoms with Crippen LogP contribution < -0.4 is 4.74 Å². The molecule has 6 heteroatoms. The first-order valence-electron chi connectivity index (χ1n) is 10.2. The van der Waals surface area contributed by atoms with E-state index in [0.29, 0.717) is 24.5 Å². The maximum absolute atomic E-state index is 13.4. The molecule has 0 atom stereocenters. The van der Waals surface area contributed by atoms with E-state index >= 15 is 0 Å². The molecular formula is C24H25ClF2N2O. The molecule has 3 aromatic rings. The maximum atomic E-state index is 13.4. The number of halogens is 3. The van der Waals surface area contributed by atoms with Crippen molar-refractivity contribution in [3.63, 3.8) is 0 Å². The molecule has 158 valence electrons. The zero-order valence-corrected chi connectivity index (χ0v) is 17.9. The number of aromatic nitrogens is 2. The lowest BCUT2D eigenvalue weighted by atomic mass is 9.75. The van der Waals surface area contributed by atoms with E-state index < -0.39 is 5.92 Å². The molecule has 2 aromatic carbocycles. The highest BCUT2D eigenvalue weighted by Gasteiger charge is 2.41. The van der Waals surface area contributed by atoms with Crippen LogP contribution in [0.1, 0.15) is 38.3 Å². The van der Waals surface area contributed by atoms with Gasteiger partial charge in [0.2, 0.25) is 5.92 Å². The van der Waals surface area contributed by atoms with Gasteiger partial charge in [-0.3, -0.25) is 0 Å². The van der Waals surface area contributed by atoms with Crippen molar-refractivity contribution in [1.82, 2.24) is 9.97 Å². The molecule has 1 saturated carbocycles. The first-order chi connectivity index (χ1) is 14.2. The number of imidazole rings is 1. The largest absolute Gasteiger partial charge is 0.493 e. The molecule has 0 aliphatic heterocycles. The summed E-state index contributed by atoms with van der Waals surface area (Å²) < 4.78 is 32.8. The topological polar surface area (TPSA) is 37.9 Å². The van der Waals surface area contributed by atoms with Crippen LogP contribution in [0.2, 0.25) is 5.02 Å². The summed E-state index contributed by atoms with van der Waals surface area (Å²) in [5.41, 5.74) is 3.63. The lowest BCUT2D eigenvalue weighted by molar-refractivity contribution is -0.0711. The molecule has 1 aliphatic carbocycles. The van der Waals surface area contributed by atoms with Crippen LogP contribution in [-0.2, 0) is 0 Å². The highest BCUT2D eigenvalue weighted by molar-refractivity contribution is 6.30. The Labute approximate surface area is 180 Å². The molecule has 1 fully saturated rings. The average Bonchev–Trinajstić information content (AvgIpc) is 3.12. The molecule has 0 unspecified atom stereocenters. The van der Waals surface area contributed by atoms with Crippen LogP contribution in [0.3, 0.4) is 0 Å². The van der Waals surface area contributed by atoms with Crippen LogP contribution in [0.15, 0.2) is 48.5 Å². The first kappa shape index (κ1) is 20.9. The molecule has 1 aromatic heterocycles. The number of aryl methyl sites for hydroxylation is 1. The van der Waals surface area contributed by atoms with E-state index in [1.54, 1.807) is 0 Å². The van der Waals surface area contributed by atoms with Gasteiger partial charge in [-0.15, -0.1) is 0 Å². The second-order valence-electron chi connectivity index (χ2n) is 8.55. The number of hydrogen-bond acceptors (Lipinski definition) is 2. The summed E-state index contributed by atoms with van der Waals surface area (Å²) in [5, 5.41) is 0.693. The number of alkyl halides is 2. The van der Waals surface area contributed by atoms with Gasteiger partial charge < -0.3 is 9.72 Å². The maximum Gasteiger partial charge on any atom is 0.248 e. The number of rotatable bonds is 5. The summed E-state index contributed by atoms with van der Waals surface area (Å²) >= 11 is 5.98. The minimum absolute atomic E-state index is 0.0560. The molecule has 30 heavy (non-hydrogen) atoms. The van der Waals surface area contributed by atoms with Crippen molar-refractivity contribution < 1.29 is 13.5 Å². The third kappa shape index (κ3) is 4.67. The third-order valence-corrected chi connectivity index (χ3v) is 6.16. The van der Waals surface area contributed by atoms with Crippen molar-refractivity contribution in [3.8, 4) is 28.4 Å². The number of ether oxygens (including phenoxy) is 1. The molecule has 1 heterocycles. The quantitative estimate of drug-likeness (QED) is 0.461. The lowest BCUT2D eigenvalue weighted by Crippen LogP contribution is -2.35. The van der Waals surface area contributed by atoms with Gasteiger partial charge in [-0.05, 0) is 56.2 Å². The smallest absolute Gasteiger partial charge is 0.248 e. The van der Waals surface area contributed by atoms with Crippen LogP contribution in [0, 0.1) is 12.3 Å². The van der Waals surface area contributed by atoms with Gasteiger partial charge in [0.1, 0.15) is 11.6 Å². The zero-order chi connectivity index (χ0) is 21.4. The van der Waals surface area contributed by atoms with Gasteiger partial charge in [-0.25, -0.2) is 13.8 Å². The summed E-state index contributed by atoms with van der Waals surface area (Å²) in [4.78, 5) is 8.08. The van der Waals surface area contributed by atoms with Crippen molar-refractivity contribution >= 4 is 11.6 Å². The Balaban J connectivity index is 1.43. The Morgan fingerprint density at radius 1 is 0.967 bits per heavy atom. The lowest BCUT2D eigenvalue weighted by Gasteiger charge is -2.36. The van der Waals surface area contributed by atoms with Crippen molar-refractivity contribution in [3.05, 3.63) is 59.2 Å². The highest BCUT2D eigenvalue weighted by Crippen LogP contribution is 2.43. The van der Waals surface area contributed by atoms with Gasteiger partial charge >= 0.3 is 0 Å². The summed E-state index contributed by atoms with van der Waals surface area (Å²) in [6.45, 7) is 4.47. The van der Waals surface area contributed by atoms with Gasteiger partial charge in [0.05, 0.1) is 12.3 Å². The van der Waals surface area contributed by atoms with Crippen molar-refractivity contribution in [2.24, 2.45) is 5.41 Å². The minimum atomic E-state index is -2.52. The molecule has 0 radical (unpaired) electrons. The predicted octanol–water partition coefficient (Wildman–Crippen LogP) is 7.30. The minimum Gasteiger partial charge on any atom is -0.493 e. The van der Waals surface area contributed by atoms with Crippen LogP contribution in [-0.4, -0.2) is 22.5 Å². The van der Waals surface area contributed by atoms with Crippen molar-refractivity contribution in [1.29, 1.82) is 0 Å². The number of hydrogen-bond donors (Lipinski definition) is 1. The first-order valence-corrected chi connectivity index (χ1v) is 10.5. The SMILES string of the molecule is Cc1[nH]c(-c2ccc(OCC3(C)CCC(F)(F)CC3)cc2)nc1-c1ccc(Cl)cc1. The number of aromatic amines is 1. The van der Waals surface area contributed by atoms with E-state index in [1.807, 2.05) is 62.4 Å². The second-order valence-corrected chi connectivity index (χ2v) is 8.98. The Kier molecular flexibility index (Phi) is 5.58. The number of nitrogens with one attached hydrogen (secondary N) is 1. The molecule has 1 N–H and O–H groups in total. The fourth-order valence-corrected chi connectivity index (χ4v) is 3.94. The van der Waals surface area contributed by atoms with Gasteiger partial charge in [0, 0.05) is 40.1 Å². The molecule has 4 rings (SSSR count). The molecule has 1 aliphatic rings. The van der Waals surface area contributed by atoms with Crippen LogP contribution in [0.25, 0.3) is 22.6 Å². The van der Waals surface area contributed by atoms with Crippen LogP contribution in [0.5, 0.6) is 5.75 Å². The summed E-state index contributed by atoms with van der Waals surface area (Å²) in [6, 6.07) is 15.3. The summed E-state index contributed by atoms with van der Waals surface area (Å²) in [6.07, 6.45) is 0.855. The number of benzene rings is 2. The Morgan fingerprint density at radius 2 is 1.57 bits per heavy atom. The molecule has 0 spiro atoms. The highest BCUT2D eigenvalue weighted by atomic mass is 35.5. The van der Waals surface area contributed by atoms with E-state index in [4.69, 9.17) is 21.3 Å². The Morgan fingerprint density at radius 3 is 2.20 bits per heavy atom. The normalized spacial score (nSPS) is 17.6. The molecule has 0 amide bonds. The molecule has 0 saturated heterocycles. The van der Waals surface area contributed by atoms with Crippen molar-refractivity contribution in [2.75, 3.05) is 6.61 Å². The summed E-state index contributed by atoms with van der Waals surface area (Å²) in [5.74, 6) is -1.00. The predicted molar refractivity (Wildman–Crippen MR) is 116 cm³/mol. The van der Waals surface area contributed by atoms with E-state index in [-0.39, 0.29) is 18.3 Å². The zero-order valence-electron chi connectivity index (χ0n) is 17.1. The Hall–Kier alpha value is -2.40. The number of H-pyrrole nitrogens is 1. The average molecular weight is 431 g/mol. The van der Waals surface area contributed by atoms with Crippen LogP contribution in [0.4, 0.5) is 8.78 Å². The summed E-state index contributed by atoms with van der Waals surface area (Å²) in [7, 11) is 0. The van der Waals surface area contributed by atoms with Gasteiger partial charge in [-0.2, -0.15) is 0 Å². The second kappa shape index (κ2) is 8.03. The Bertz CT molecular complexity index is 1000. The van der Waals surface area contributed by atoms with Gasteiger partial charge in [0.25, 0.3) is 0 Å². The fraction of sp³-hybridized carbons (Fsp3) is 0.375. The monoisotopic (exact) mass is 430 g/mol. The molecule has 0 bridgehead atoms. The molecule has 3 nitrogen and oxygen atoms in total. The standard InChI is InChI=1S/C24H25ClF2N2O/c1-16-21(17-3-7-19(25)8-4-17)29-22(28-16)18-5-9-20(10-6-18)30-15-23(2)11-13-24(26,27)14-12-23/h3-10H,11-15H2,1-2H3,(H,28,29). The van der Waals surface area contributed by atoms with E-state index in [1.165, 1.54) is 0 Å². The van der Waals surface area contributed by atoms with Crippen LogP contribution >= 0.6 is 11.6 Å². The number of nitrogens with zero attached hydrogens (tertiary/aromatic N) is 1. The van der Waals surface area contributed by atoms with Gasteiger partial charge in [0.15, 0.2) is 0 Å². The third-order valence-electron chi connectivity index (χ3n) is 5.91. The van der Waals surface area contributed by atoms with Gasteiger partial charge in [-0.1, -0.05) is 30.7 Å². The van der Waals surface area contributed by atoms with E-state index in [2.05, 4.69) is 4.98 Å². The fourth-order valence-electron chi connectivity index (χ4n) is 3.82. The van der Waals surface area contributed by atoms with E-state index in [9.17, 15) is 8.78 Å².